The van der Waals surface area contributed by atoms with Gasteiger partial charge < -0.3 is 9.47 Å². The van der Waals surface area contributed by atoms with Gasteiger partial charge in [-0.15, -0.1) is 0 Å². The van der Waals surface area contributed by atoms with E-state index in [-0.39, 0.29) is 0 Å². The normalized spacial score (nSPS) is 55.5. The van der Waals surface area contributed by atoms with E-state index in [9.17, 15) is 0 Å². The molecular formula is C20H20O2. The Labute approximate surface area is 130 Å². The Morgan fingerprint density at radius 2 is 1.27 bits per heavy atom. The Morgan fingerprint density at radius 1 is 0.818 bits per heavy atom. The molecule has 2 bridgehead atoms. The van der Waals surface area contributed by atoms with Crippen molar-refractivity contribution < 1.29 is 9.47 Å². The maximum Gasteiger partial charge on any atom is 0.122 e. The van der Waals surface area contributed by atoms with Crippen LogP contribution in [0.15, 0.2) is 24.3 Å². The van der Waals surface area contributed by atoms with Crippen molar-refractivity contribution >= 4 is 0 Å². The van der Waals surface area contributed by atoms with Crippen molar-refractivity contribution in [2.24, 2.45) is 34.5 Å². The quantitative estimate of drug-likeness (QED) is 0.773. The smallest absolute Gasteiger partial charge is 0.122 e. The van der Waals surface area contributed by atoms with Gasteiger partial charge in [0.05, 0.1) is 14.2 Å². The van der Waals surface area contributed by atoms with Crippen LogP contribution in [0.2, 0.25) is 0 Å². The summed E-state index contributed by atoms with van der Waals surface area (Å²) >= 11 is 0. The molecule has 1 aromatic carbocycles. The molecule has 4 fully saturated rings. The third kappa shape index (κ3) is 0.654. The van der Waals surface area contributed by atoms with Crippen LogP contribution in [-0.2, 0) is 0 Å². The van der Waals surface area contributed by atoms with Crippen LogP contribution in [0.1, 0.15) is 35.8 Å². The van der Waals surface area contributed by atoms with Gasteiger partial charge >= 0.3 is 0 Å². The Morgan fingerprint density at radius 3 is 1.68 bits per heavy atom. The highest BCUT2D eigenvalue weighted by Gasteiger charge is 3.01. The minimum atomic E-state index is 0.600. The molecule has 0 aromatic heterocycles. The first-order valence-electron chi connectivity index (χ1n) is 8.72. The fourth-order valence-corrected chi connectivity index (χ4v) is 8.92. The van der Waals surface area contributed by atoms with Crippen molar-refractivity contribution in [2.75, 3.05) is 14.2 Å². The molecule has 7 aliphatic rings. The highest BCUT2D eigenvalue weighted by molar-refractivity contribution is 5.69. The molecule has 0 saturated heterocycles. The van der Waals surface area contributed by atoms with E-state index in [2.05, 4.69) is 24.3 Å². The second-order valence-corrected chi connectivity index (χ2v) is 8.42. The van der Waals surface area contributed by atoms with E-state index in [1.165, 1.54) is 24.0 Å². The van der Waals surface area contributed by atoms with Crippen LogP contribution >= 0.6 is 0 Å². The Bertz CT molecular complexity index is 730. The van der Waals surface area contributed by atoms with Gasteiger partial charge in [0.15, 0.2) is 0 Å². The van der Waals surface area contributed by atoms with Crippen LogP contribution in [0.25, 0.3) is 0 Å². The molecule has 1 aromatic rings. The molecular weight excluding hydrogens is 272 g/mol. The summed E-state index contributed by atoms with van der Waals surface area (Å²) in [7, 11) is 3.66. The van der Waals surface area contributed by atoms with Crippen LogP contribution in [0.3, 0.4) is 0 Å². The van der Waals surface area contributed by atoms with Gasteiger partial charge in [0.1, 0.15) is 11.5 Å². The Balaban J connectivity index is 1.58. The van der Waals surface area contributed by atoms with Crippen molar-refractivity contribution in [1.82, 2.24) is 0 Å². The molecule has 8 atom stereocenters. The second-order valence-electron chi connectivity index (χ2n) is 8.42. The average Bonchev–Trinajstić information content (AvgIpc) is 2.54. The van der Waals surface area contributed by atoms with E-state index in [4.69, 9.17) is 9.47 Å². The molecule has 0 radical (unpaired) electrons. The molecule has 112 valence electrons. The molecule has 0 aliphatic heterocycles. The van der Waals surface area contributed by atoms with E-state index in [0.717, 1.165) is 47.0 Å². The monoisotopic (exact) mass is 292 g/mol. The maximum absolute atomic E-state index is 5.79. The van der Waals surface area contributed by atoms with Crippen molar-refractivity contribution in [1.29, 1.82) is 0 Å². The average molecular weight is 292 g/mol. The van der Waals surface area contributed by atoms with Gasteiger partial charge in [-0.1, -0.05) is 12.2 Å². The summed E-state index contributed by atoms with van der Waals surface area (Å²) < 4.78 is 11.6. The first kappa shape index (κ1) is 11.2. The lowest BCUT2D eigenvalue weighted by Gasteiger charge is -3.03. The molecule has 22 heavy (non-hydrogen) atoms. The summed E-state index contributed by atoms with van der Waals surface area (Å²) in [5.41, 5.74) is 4.27. The Kier molecular flexibility index (Phi) is 1.45. The summed E-state index contributed by atoms with van der Waals surface area (Å²) in [6.07, 6.45) is 7.59. The van der Waals surface area contributed by atoms with Crippen molar-refractivity contribution in [3.05, 3.63) is 35.4 Å². The fourth-order valence-electron chi connectivity index (χ4n) is 8.92. The number of hydrogen-bond donors (Lipinski definition) is 0. The van der Waals surface area contributed by atoms with E-state index < -0.39 is 0 Å². The number of hydrogen-bond acceptors (Lipinski definition) is 2. The van der Waals surface area contributed by atoms with Crippen molar-refractivity contribution in [3.63, 3.8) is 0 Å². The number of methoxy groups -OCH3 is 2. The summed E-state index contributed by atoms with van der Waals surface area (Å²) in [5, 5.41) is 0. The molecule has 2 spiro atoms. The zero-order chi connectivity index (χ0) is 14.4. The molecule has 2 nitrogen and oxygen atoms in total. The van der Waals surface area contributed by atoms with Crippen LogP contribution < -0.4 is 9.47 Å². The largest absolute Gasteiger partial charge is 0.496 e. The number of benzene rings is 1. The maximum atomic E-state index is 5.79. The summed E-state index contributed by atoms with van der Waals surface area (Å²) in [6.45, 7) is 0. The Hall–Kier alpha value is -1.44. The lowest BCUT2D eigenvalue weighted by atomic mass is 9.00. The first-order valence-corrected chi connectivity index (χ1v) is 8.72. The number of rotatable bonds is 2. The second kappa shape index (κ2) is 2.86. The SMILES string of the molecule is COc1ccc(OC)c2c1[C@@H]1[C@@H]3[C@H]4[C@H]5[C@@H]3[C@@]13CC=CC[C@]53[C@H]24. The number of allylic oxidation sites excluding steroid dienone is 2. The highest BCUT2D eigenvalue weighted by atomic mass is 16.5. The highest BCUT2D eigenvalue weighted by Crippen LogP contribution is 3.06. The van der Waals surface area contributed by atoms with Gasteiger partial charge in [-0.3, -0.25) is 0 Å². The molecule has 0 heterocycles. The zero-order valence-corrected chi connectivity index (χ0v) is 13.0. The summed E-state index contributed by atoms with van der Waals surface area (Å²) in [4.78, 5) is 0. The predicted octanol–water partition coefficient (Wildman–Crippen LogP) is 3.73. The molecule has 7 aliphatic carbocycles. The minimum absolute atomic E-state index is 0.600. The summed E-state index contributed by atoms with van der Waals surface area (Å²) in [5.74, 6) is 7.78. The van der Waals surface area contributed by atoms with Crippen LogP contribution in [0.4, 0.5) is 0 Å². The zero-order valence-electron chi connectivity index (χ0n) is 13.0. The van der Waals surface area contributed by atoms with E-state index in [1.807, 2.05) is 14.2 Å². The molecule has 8 rings (SSSR count). The third-order valence-corrected chi connectivity index (χ3v) is 8.94. The third-order valence-electron chi connectivity index (χ3n) is 8.94. The van der Waals surface area contributed by atoms with Crippen LogP contribution in [0, 0.1) is 34.5 Å². The molecule has 0 unspecified atom stereocenters. The van der Waals surface area contributed by atoms with Gasteiger partial charge in [-0.25, -0.2) is 0 Å². The van der Waals surface area contributed by atoms with Crippen LogP contribution in [-0.4, -0.2) is 14.2 Å². The van der Waals surface area contributed by atoms with Crippen molar-refractivity contribution in [3.8, 4) is 11.5 Å². The van der Waals surface area contributed by atoms with Gasteiger partial charge in [-0.2, -0.15) is 0 Å². The van der Waals surface area contributed by atoms with Gasteiger partial charge in [0, 0.05) is 11.1 Å². The lowest BCUT2D eigenvalue weighted by Crippen LogP contribution is -2.98. The van der Waals surface area contributed by atoms with Gasteiger partial charge in [-0.05, 0) is 71.3 Å². The standard InChI is InChI=1S/C20H20O2/c1-21-9-5-6-10(22-2)12-11(9)15-13-14-16(12)20-8-4-3-7-19(15,20)17(13)18(14)20/h3-6,13-18H,7-8H2,1-2H3/t13-,14+,15-,16-,17+,18-,19+,20-/m1/s1. The molecule has 0 amide bonds. The molecule has 0 N–H and O–H groups in total. The van der Waals surface area contributed by atoms with E-state index in [0.29, 0.717) is 10.8 Å². The topological polar surface area (TPSA) is 18.5 Å². The van der Waals surface area contributed by atoms with Gasteiger partial charge in [0.25, 0.3) is 0 Å². The predicted molar refractivity (Wildman–Crippen MR) is 82.2 cm³/mol. The fraction of sp³-hybridized carbons (Fsp3) is 0.600. The van der Waals surface area contributed by atoms with Crippen LogP contribution in [0.5, 0.6) is 11.5 Å². The van der Waals surface area contributed by atoms with Gasteiger partial charge in [0.2, 0.25) is 0 Å². The molecule has 4 saturated carbocycles. The van der Waals surface area contributed by atoms with E-state index in [1.54, 1.807) is 0 Å². The minimum Gasteiger partial charge on any atom is -0.496 e. The first-order chi connectivity index (χ1) is 10.8. The lowest BCUT2D eigenvalue weighted by molar-refractivity contribution is -0.516. The van der Waals surface area contributed by atoms with Crippen molar-refractivity contribution in [2.45, 2.75) is 24.7 Å². The molecule has 2 heteroatoms. The van der Waals surface area contributed by atoms with E-state index >= 15 is 0 Å². The number of ether oxygens (including phenoxy) is 2. The summed E-state index contributed by atoms with van der Waals surface area (Å²) in [6, 6.07) is 4.28.